The molecule has 132 valence electrons. The van der Waals surface area contributed by atoms with Crippen molar-refractivity contribution in [3.05, 3.63) is 12.2 Å². The summed E-state index contributed by atoms with van der Waals surface area (Å²) in [7, 11) is 4.03. The fourth-order valence-corrected chi connectivity index (χ4v) is 2.58. The Morgan fingerprint density at radius 2 is 2.22 bits per heavy atom. The topological polar surface area (TPSA) is 67.6 Å². The number of ether oxygens (including phenoxy) is 1. The van der Waals surface area contributed by atoms with Crippen LogP contribution >= 0.6 is 24.0 Å². The van der Waals surface area contributed by atoms with Crippen LogP contribution in [0.5, 0.6) is 0 Å². The quantitative estimate of drug-likeness (QED) is 0.417. The van der Waals surface area contributed by atoms with Gasteiger partial charge in [-0.3, -0.25) is 0 Å². The van der Waals surface area contributed by atoms with Crippen molar-refractivity contribution in [3.8, 4) is 0 Å². The molecule has 1 aliphatic rings. The second-order valence-electron chi connectivity index (χ2n) is 5.79. The Morgan fingerprint density at radius 3 is 2.83 bits per heavy atom. The molecule has 0 aliphatic carbocycles. The molecule has 0 amide bonds. The van der Waals surface area contributed by atoms with E-state index in [0.717, 1.165) is 44.0 Å². The number of rotatable bonds is 6. The zero-order chi connectivity index (χ0) is 15.8. The lowest BCUT2D eigenvalue weighted by atomic mass is 9.96. The number of hydrogen-bond acceptors (Lipinski definition) is 4. The summed E-state index contributed by atoms with van der Waals surface area (Å²) in [6.07, 6.45) is 5.25. The first-order valence-electron chi connectivity index (χ1n) is 8.10. The van der Waals surface area contributed by atoms with Gasteiger partial charge in [-0.2, -0.15) is 0 Å². The predicted molar refractivity (Wildman–Crippen MR) is 102 cm³/mol. The van der Waals surface area contributed by atoms with Crippen LogP contribution in [0.3, 0.4) is 0 Å². The molecular formula is C15H29IN6O. The fraction of sp³-hybridized carbons (Fsp3) is 0.800. The predicted octanol–water partition coefficient (Wildman–Crippen LogP) is 1.65. The number of halogens is 1. The minimum absolute atomic E-state index is 0. The van der Waals surface area contributed by atoms with E-state index < -0.39 is 0 Å². The van der Waals surface area contributed by atoms with E-state index in [1.165, 1.54) is 19.3 Å². The third-order valence-corrected chi connectivity index (χ3v) is 4.09. The van der Waals surface area contributed by atoms with Crippen LogP contribution in [0.1, 0.15) is 32.0 Å². The lowest BCUT2D eigenvalue weighted by Crippen LogP contribution is -2.40. The maximum Gasteiger partial charge on any atom is 0.194 e. The van der Waals surface area contributed by atoms with Gasteiger partial charge in [0.1, 0.15) is 12.9 Å². The molecule has 23 heavy (non-hydrogen) atoms. The summed E-state index contributed by atoms with van der Waals surface area (Å²) in [5, 5.41) is 11.3. The zero-order valence-electron chi connectivity index (χ0n) is 14.4. The highest BCUT2D eigenvalue weighted by Crippen LogP contribution is 2.18. The third kappa shape index (κ3) is 6.62. The number of aliphatic imine (C=N–C) groups is 1. The van der Waals surface area contributed by atoms with E-state index >= 15 is 0 Å². The van der Waals surface area contributed by atoms with Gasteiger partial charge < -0.3 is 19.5 Å². The van der Waals surface area contributed by atoms with Crippen LogP contribution < -0.4 is 5.32 Å². The molecule has 1 aliphatic heterocycles. The molecule has 0 radical (unpaired) electrons. The van der Waals surface area contributed by atoms with Gasteiger partial charge in [-0.1, -0.05) is 0 Å². The Balaban J connectivity index is 0.00000264. The fourth-order valence-electron chi connectivity index (χ4n) is 2.58. The molecule has 0 atom stereocenters. The van der Waals surface area contributed by atoms with Crippen molar-refractivity contribution in [2.75, 3.05) is 33.4 Å². The Kier molecular flexibility index (Phi) is 9.46. The molecule has 0 unspecified atom stereocenters. The Labute approximate surface area is 155 Å². The molecule has 0 spiro atoms. The van der Waals surface area contributed by atoms with Crippen molar-refractivity contribution < 1.29 is 4.74 Å². The summed E-state index contributed by atoms with van der Waals surface area (Å²) >= 11 is 0. The minimum atomic E-state index is 0. The molecule has 1 N–H and O–H groups in total. The molecule has 0 saturated carbocycles. The first-order valence-corrected chi connectivity index (χ1v) is 8.10. The van der Waals surface area contributed by atoms with Crippen LogP contribution in [0.4, 0.5) is 0 Å². The Bertz CT molecular complexity index is 472. The Morgan fingerprint density at radius 1 is 1.48 bits per heavy atom. The molecule has 2 rings (SSSR count). The SMILES string of the molecule is CCNC(=NCc1nncn1C)N(C)CCC1CCOCC1.I. The van der Waals surface area contributed by atoms with Crippen molar-refractivity contribution in [2.45, 2.75) is 32.7 Å². The minimum Gasteiger partial charge on any atom is -0.381 e. The van der Waals surface area contributed by atoms with Gasteiger partial charge in [0.15, 0.2) is 11.8 Å². The molecule has 1 saturated heterocycles. The van der Waals surface area contributed by atoms with Crippen molar-refractivity contribution >= 4 is 29.9 Å². The molecular weight excluding hydrogens is 407 g/mol. The van der Waals surface area contributed by atoms with E-state index in [-0.39, 0.29) is 24.0 Å². The van der Waals surface area contributed by atoms with Crippen LogP contribution in [0.2, 0.25) is 0 Å². The maximum atomic E-state index is 5.42. The summed E-state index contributed by atoms with van der Waals surface area (Å²) in [5.74, 6) is 2.57. The van der Waals surface area contributed by atoms with Gasteiger partial charge in [0.05, 0.1) is 0 Å². The van der Waals surface area contributed by atoms with Gasteiger partial charge in [0, 0.05) is 40.4 Å². The standard InChI is InChI=1S/C15H28N6O.HI/c1-4-16-15(17-11-14-19-18-12-21(14)3)20(2)8-5-13-6-9-22-10-7-13;/h12-13H,4-11H2,1-3H3,(H,16,17);1H. The number of nitrogens with zero attached hydrogens (tertiary/aromatic N) is 5. The second-order valence-corrected chi connectivity index (χ2v) is 5.79. The first kappa shape index (κ1) is 20.1. The number of nitrogens with one attached hydrogen (secondary N) is 1. The monoisotopic (exact) mass is 436 g/mol. The van der Waals surface area contributed by atoms with Gasteiger partial charge >= 0.3 is 0 Å². The highest BCUT2D eigenvalue weighted by molar-refractivity contribution is 14.0. The van der Waals surface area contributed by atoms with Crippen molar-refractivity contribution in [1.29, 1.82) is 0 Å². The molecule has 1 aromatic rings. The van der Waals surface area contributed by atoms with Crippen molar-refractivity contribution in [1.82, 2.24) is 25.0 Å². The summed E-state index contributed by atoms with van der Waals surface area (Å²) in [5.41, 5.74) is 0. The molecule has 0 aromatic carbocycles. The smallest absolute Gasteiger partial charge is 0.194 e. The molecule has 0 bridgehead atoms. The second kappa shape index (κ2) is 10.8. The molecule has 1 fully saturated rings. The highest BCUT2D eigenvalue weighted by Gasteiger charge is 2.15. The van der Waals surface area contributed by atoms with E-state index in [4.69, 9.17) is 4.74 Å². The average molecular weight is 436 g/mol. The van der Waals surface area contributed by atoms with Crippen molar-refractivity contribution in [3.63, 3.8) is 0 Å². The van der Waals surface area contributed by atoms with Gasteiger partial charge in [-0.15, -0.1) is 34.2 Å². The number of aromatic nitrogens is 3. The van der Waals surface area contributed by atoms with E-state index in [9.17, 15) is 0 Å². The van der Waals surface area contributed by atoms with Crippen LogP contribution in [-0.4, -0.2) is 59.0 Å². The molecule has 8 heteroatoms. The lowest BCUT2D eigenvalue weighted by Gasteiger charge is -2.26. The average Bonchev–Trinajstić information content (AvgIpc) is 2.95. The Hall–Kier alpha value is -0.900. The summed E-state index contributed by atoms with van der Waals surface area (Å²) in [6.45, 7) is 6.32. The van der Waals surface area contributed by atoms with Gasteiger partial charge in [0.25, 0.3) is 0 Å². The van der Waals surface area contributed by atoms with Crippen LogP contribution in [-0.2, 0) is 18.3 Å². The zero-order valence-corrected chi connectivity index (χ0v) is 16.7. The van der Waals surface area contributed by atoms with E-state index in [1.54, 1.807) is 6.33 Å². The van der Waals surface area contributed by atoms with Gasteiger partial charge in [-0.05, 0) is 32.1 Å². The van der Waals surface area contributed by atoms with E-state index in [2.05, 4.69) is 39.4 Å². The number of guanidine groups is 1. The van der Waals surface area contributed by atoms with Gasteiger partial charge in [-0.25, -0.2) is 4.99 Å². The molecule has 2 heterocycles. The maximum absolute atomic E-state index is 5.42. The van der Waals surface area contributed by atoms with E-state index in [0.29, 0.717) is 6.54 Å². The largest absolute Gasteiger partial charge is 0.381 e. The van der Waals surface area contributed by atoms with Crippen LogP contribution in [0, 0.1) is 5.92 Å². The molecule has 7 nitrogen and oxygen atoms in total. The number of aryl methyl sites for hydroxylation is 1. The van der Waals surface area contributed by atoms with Crippen LogP contribution in [0.25, 0.3) is 0 Å². The lowest BCUT2D eigenvalue weighted by molar-refractivity contribution is 0.0625. The summed E-state index contributed by atoms with van der Waals surface area (Å²) in [4.78, 5) is 6.87. The van der Waals surface area contributed by atoms with E-state index in [1.807, 2.05) is 11.6 Å². The number of hydrogen-bond donors (Lipinski definition) is 1. The first-order chi connectivity index (χ1) is 10.7. The molecule has 1 aromatic heterocycles. The highest BCUT2D eigenvalue weighted by atomic mass is 127. The van der Waals surface area contributed by atoms with Crippen molar-refractivity contribution in [2.24, 2.45) is 18.0 Å². The summed E-state index contributed by atoms with van der Waals surface area (Å²) < 4.78 is 7.32. The van der Waals surface area contributed by atoms with Crippen LogP contribution in [0.15, 0.2) is 11.3 Å². The normalized spacial score (nSPS) is 16.0. The third-order valence-electron chi connectivity index (χ3n) is 4.09. The van der Waals surface area contributed by atoms with Gasteiger partial charge in [0.2, 0.25) is 0 Å². The summed E-state index contributed by atoms with van der Waals surface area (Å²) in [6, 6.07) is 0.